The molecule has 1 aromatic carbocycles. The number of anilines is 2. The van der Waals surface area contributed by atoms with Crippen LogP contribution in [0.1, 0.15) is 0 Å². The fourth-order valence-corrected chi connectivity index (χ4v) is 0.854. The lowest BCUT2D eigenvalue weighted by Gasteiger charge is -2.04. The number of nitrogens with two attached hydrogens (primary N) is 1. The van der Waals surface area contributed by atoms with Crippen LogP contribution in [-0.2, 0) is 0 Å². The Balaban J connectivity index is 2.69. The summed E-state index contributed by atoms with van der Waals surface area (Å²) >= 11 is 0. The second-order valence-electron chi connectivity index (χ2n) is 2.39. The van der Waals surface area contributed by atoms with Gasteiger partial charge >= 0.3 is 0 Å². The number of hydrogen-bond donors (Lipinski definition) is 3. The van der Waals surface area contributed by atoms with E-state index in [1.807, 2.05) is 0 Å². The summed E-state index contributed by atoms with van der Waals surface area (Å²) in [6.07, 6.45) is 0. The standard InChI is InChI=1S/C8H11FN2O/c9-7-2-1-6(5-8(7)10)11-3-4-12/h1-2,5,11-12H,3-4,10H2. The molecule has 0 spiro atoms. The summed E-state index contributed by atoms with van der Waals surface area (Å²) in [4.78, 5) is 0. The van der Waals surface area contributed by atoms with Crippen molar-refractivity contribution >= 4 is 11.4 Å². The van der Waals surface area contributed by atoms with Gasteiger partial charge in [0, 0.05) is 12.2 Å². The Labute approximate surface area is 70.0 Å². The number of rotatable bonds is 3. The van der Waals surface area contributed by atoms with E-state index in [0.29, 0.717) is 12.2 Å². The van der Waals surface area contributed by atoms with Gasteiger partial charge in [-0.25, -0.2) is 4.39 Å². The first kappa shape index (κ1) is 8.80. The number of nitrogens with one attached hydrogen (secondary N) is 1. The minimum atomic E-state index is -0.426. The van der Waals surface area contributed by atoms with Gasteiger partial charge in [0.15, 0.2) is 0 Å². The lowest BCUT2D eigenvalue weighted by molar-refractivity contribution is 0.311. The molecular weight excluding hydrogens is 159 g/mol. The fourth-order valence-electron chi connectivity index (χ4n) is 0.854. The molecule has 0 aliphatic heterocycles. The molecule has 12 heavy (non-hydrogen) atoms. The van der Waals surface area contributed by atoms with Crippen molar-refractivity contribution in [3.8, 4) is 0 Å². The molecule has 0 bridgehead atoms. The van der Waals surface area contributed by atoms with Gasteiger partial charge in [-0.3, -0.25) is 0 Å². The van der Waals surface area contributed by atoms with Gasteiger partial charge < -0.3 is 16.2 Å². The number of nitrogen functional groups attached to an aromatic ring is 1. The summed E-state index contributed by atoms with van der Waals surface area (Å²) in [5, 5.41) is 11.3. The van der Waals surface area contributed by atoms with Gasteiger partial charge in [0.05, 0.1) is 12.3 Å². The maximum Gasteiger partial charge on any atom is 0.146 e. The highest BCUT2D eigenvalue weighted by atomic mass is 19.1. The number of aliphatic hydroxyl groups excluding tert-OH is 1. The Bertz CT molecular complexity index is 265. The zero-order valence-electron chi connectivity index (χ0n) is 6.55. The maximum absolute atomic E-state index is 12.6. The van der Waals surface area contributed by atoms with Crippen molar-refractivity contribution in [1.29, 1.82) is 0 Å². The van der Waals surface area contributed by atoms with Gasteiger partial charge in [0.1, 0.15) is 5.82 Å². The molecular formula is C8H11FN2O. The van der Waals surface area contributed by atoms with E-state index in [9.17, 15) is 4.39 Å². The summed E-state index contributed by atoms with van der Waals surface area (Å²) in [7, 11) is 0. The van der Waals surface area contributed by atoms with Crippen LogP contribution in [0.4, 0.5) is 15.8 Å². The van der Waals surface area contributed by atoms with Gasteiger partial charge in [-0.2, -0.15) is 0 Å². The van der Waals surface area contributed by atoms with Crippen LogP contribution in [0.2, 0.25) is 0 Å². The molecule has 4 heteroatoms. The van der Waals surface area contributed by atoms with E-state index in [4.69, 9.17) is 10.8 Å². The van der Waals surface area contributed by atoms with E-state index >= 15 is 0 Å². The maximum atomic E-state index is 12.6. The first-order valence-corrected chi connectivity index (χ1v) is 3.64. The van der Waals surface area contributed by atoms with Crippen LogP contribution < -0.4 is 11.1 Å². The molecule has 0 aliphatic carbocycles. The second-order valence-corrected chi connectivity index (χ2v) is 2.39. The average molecular weight is 170 g/mol. The van der Waals surface area contributed by atoms with Crippen LogP contribution in [0.3, 0.4) is 0 Å². The van der Waals surface area contributed by atoms with Crippen molar-refractivity contribution in [2.45, 2.75) is 0 Å². The van der Waals surface area contributed by atoms with E-state index in [0.717, 1.165) is 0 Å². The Morgan fingerprint density at radius 1 is 1.50 bits per heavy atom. The van der Waals surface area contributed by atoms with Gasteiger partial charge in [-0.05, 0) is 18.2 Å². The molecule has 1 aromatic rings. The fraction of sp³-hybridized carbons (Fsp3) is 0.250. The van der Waals surface area contributed by atoms with Crippen LogP contribution in [0.25, 0.3) is 0 Å². The summed E-state index contributed by atoms with van der Waals surface area (Å²) in [5.41, 5.74) is 6.14. The molecule has 3 nitrogen and oxygen atoms in total. The van der Waals surface area contributed by atoms with Gasteiger partial charge in [-0.1, -0.05) is 0 Å². The summed E-state index contributed by atoms with van der Waals surface area (Å²) < 4.78 is 12.6. The van der Waals surface area contributed by atoms with Crippen molar-refractivity contribution in [1.82, 2.24) is 0 Å². The Kier molecular flexibility index (Phi) is 2.88. The molecule has 4 N–H and O–H groups in total. The molecule has 0 saturated heterocycles. The third-order valence-electron chi connectivity index (χ3n) is 1.44. The van der Waals surface area contributed by atoms with Gasteiger partial charge in [0.2, 0.25) is 0 Å². The summed E-state index contributed by atoms with van der Waals surface area (Å²) in [5.74, 6) is -0.426. The Morgan fingerprint density at radius 2 is 2.25 bits per heavy atom. The molecule has 1 rings (SSSR count). The second kappa shape index (κ2) is 3.92. The normalized spacial score (nSPS) is 9.83. The predicted octanol–water partition coefficient (Wildman–Crippen LogP) is 0.812. The van der Waals surface area contributed by atoms with Crippen molar-refractivity contribution in [3.63, 3.8) is 0 Å². The van der Waals surface area contributed by atoms with Crippen LogP contribution in [-0.4, -0.2) is 18.3 Å². The van der Waals surface area contributed by atoms with Crippen LogP contribution in [0.5, 0.6) is 0 Å². The van der Waals surface area contributed by atoms with E-state index < -0.39 is 5.82 Å². The number of hydrogen-bond acceptors (Lipinski definition) is 3. The highest BCUT2D eigenvalue weighted by Gasteiger charge is 1.97. The molecule has 0 aromatic heterocycles. The van der Waals surface area contributed by atoms with E-state index in [2.05, 4.69) is 5.32 Å². The van der Waals surface area contributed by atoms with Crippen molar-refractivity contribution < 1.29 is 9.50 Å². The van der Waals surface area contributed by atoms with Crippen LogP contribution >= 0.6 is 0 Å². The smallest absolute Gasteiger partial charge is 0.146 e. The van der Waals surface area contributed by atoms with Crippen LogP contribution in [0, 0.1) is 5.82 Å². The number of aliphatic hydroxyl groups is 1. The molecule has 0 atom stereocenters. The van der Waals surface area contributed by atoms with Crippen molar-refractivity contribution in [2.24, 2.45) is 0 Å². The molecule has 0 amide bonds. The zero-order valence-corrected chi connectivity index (χ0v) is 6.55. The van der Waals surface area contributed by atoms with Gasteiger partial charge in [0.25, 0.3) is 0 Å². The highest BCUT2D eigenvalue weighted by molar-refractivity contribution is 5.54. The molecule has 0 unspecified atom stereocenters. The lowest BCUT2D eigenvalue weighted by Crippen LogP contribution is -2.05. The van der Waals surface area contributed by atoms with Crippen molar-refractivity contribution in [3.05, 3.63) is 24.0 Å². The molecule has 0 saturated carbocycles. The lowest BCUT2D eigenvalue weighted by atomic mass is 10.2. The predicted molar refractivity (Wildman–Crippen MR) is 46.4 cm³/mol. The number of halogens is 1. The zero-order chi connectivity index (χ0) is 8.97. The monoisotopic (exact) mass is 170 g/mol. The molecule has 0 radical (unpaired) electrons. The minimum Gasteiger partial charge on any atom is -0.396 e. The molecule has 0 aliphatic rings. The van der Waals surface area contributed by atoms with E-state index in [-0.39, 0.29) is 12.3 Å². The quantitative estimate of drug-likeness (QED) is 0.588. The first-order valence-electron chi connectivity index (χ1n) is 3.64. The highest BCUT2D eigenvalue weighted by Crippen LogP contribution is 2.15. The SMILES string of the molecule is Nc1cc(NCCO)ccc1F. The summed E-state index contributed by atoms with van der Waals surface area (Å²) in [6.45, 7) is 0.475. The molecule has 0 heterocycles. The topological polar surface area (TPSA) is 58.3 Å². The van der Waals surface area contributed by atoms with E-state index in [1.165, 1.54) is 12.1 Å². The first-order chi connectivity index (χ1) is 5.74. The third-order valence-corrected chi connectivity index (χ3v) is 1.44. The van der Waals surface area contributed by atoms with Crippen molar-refractivity contribution in [2.75, 3.05) is 24.2 Å². The average Bonchev–Trinajstić information content (AvgIpc) is 2.07. The Morgan fingerprint density at radius 3 is 2.83 bits per heavy atom. The van der Waals surface area contributed by atoms with Gasteiger partial charge in [-0.15, -0.1) is 0 Å². The van der Waals surface area contributed by atoms with E-state index in [1.54, 1.807) is 6.07 Å². The minimum absolute atomic E-state index is 0.0390. The third kappa shape index (κ3) is 2.10. The molecule has 0 fully saturated rings. The molecule has 66 valence electrons. The summed E-state index contributed by atoms with van der Waals surface area (Å²) in [6, 6.07) is 4.35. The Hall–Kier alpha value is -1.29. The van der Waals surface area contributed by atoms with Crippen LogP contribution in [0.15, 0.2) is 18.2 Å². The largest absolute Gasteiger partial charge is 0.396 e. The number of benzene rings is 1.